The first-order valence-corrected chi connectivity index (χ1v) is 4.98. The molecule has 0 bridgehead atoms. The van der Waals surface area contributed by atoms with Gasteiger partial charge < -0.3 is 10.4 Å². The summed E-state index contributed by atoms with van der Waals surface area (Å²) in [6, 6.07) is 0.313. The van der Waals surface area contributed by atoms with Gasteiger partial charge in [-0.15, -0.1) is 0 Å². The lowest BCUT2D eigenvalue weighted by Crippen LogP contribution is -2.29. The lowest BCUT2D eigenvalue weighted by molar-refractivity contribution is -0.140. The average Bonchev–Trinajstić information content (AvgIpc) is 2.87. The summed E-state index contributed by atoms with van der Waals surface area (Å²) in [4.78, 5) is 22.4. The Morgan fingerprint density at radius 1 is 1.29 bits per heavy atom. The van der Waals surface area contributed by atoms with Crippen LogP contribution >= 0.6 is 0 Å². The van der Waals surface area contributed by atoms with Crippen molar-refractivity contribution in [1.82, 2.24) is 5.32 Å². The van der Waals surface area contributed by atoms with Gasteiger partial charge in [0, 0.05) is 6.04 Å². The molecule has 0 spiro atoms. The van der Waals surface area contributed by atoms with Crippen LogP contribution in [0.3, 0.4) is 0 Å². The number of amides is 1. The van der Waals surface area contributed by atoms with E-state index in [4.69, 9.17) is 5.11 Å². The molecule has 0 saturated heterocycles. The summed E-state index contributed by atoms with van der Waals surface area (Å²) >= 11 is 0. The third kappa shape index (κ3) is 1.38. The van der Waals surface area contributed by atoms with Gasteiger partial charge in [0.2, 0.25) is 5.91 Å². The highest BCUT2D eigenvalue weighted by atomic mass is 16.4. The summed E-state index contributed by atoms with van der Waals surface area (Å²) in [5, 5.41) is 11.7. The monoisotopic (exact) mass is 197 g/mol. The average molecular weight is 197 g/mol. The fraction of sp³-hybridized carbons (Fsp3) is 0.800. The Morgan fingerprint density at radius 3 is 2.21 bits per heavy atom. The molecule has 78 valence electrons. The number of rotatable bonds is 3. The van der Waals surface area contributed by atoms with Crippen LogP contribution in [0.2, 0.25) is 0 Å². The van der Waals surface area contributed by atoms with Gasteiger partial charge in [-0.05, 0) is 18.3 Å². The molecule has 0 aromatic heterocycles. The molecule has 0 radical (unpaired) electrons. The molecule has 2 fully saturated rings. The van der Waals surface area contributed by atoms with Crippen molar-refractivity contribution in [1.29, 1.82) is 0 Å². The third-order valence-electron chi connectivity index (χ3n) is 3.30. The summed E-state index contributed by atoms with van der Waals surface area (Å²) in [5.74, 6) is -1.77. The van der Waals surface area contributed by atoms with Gasteiger partial charge in [0.1, 0.15) is 0 Å². The highest BCUT2D eigenvalue weighted by Gasteiger charge is 2.66. The van der Waals surface area contributed by atoms with Crippen molar-refractivity contribution in [3.8, 4) is 0 Å². The molecule has 2 rings (SSSR count). The maximum Gasteiger partial charge on any atom is 0.307 e. The number of hydrogen-bond acceptors (Lipinski definition) is 2. The molecule has 0 heterocycles. The van der Waals surface area contributed by atoms with Gasteiger partial charge >= 0.3 is 5.97 Å². The van der Waals surface area contributed by atoms with Crippen LogP contribution in [0.15, 0.2) is 0 Å². The summed E-state index contributed by atoms with van der Waals surface area (Å²) in [6.45, 7) is 3.67. The molecule has 0 aromatic carbocycles. The second kappa shape index (κ2) is 2.72. The first-order chi connectivity index (χ1) is 6.44. The Morgan fingerprint density at radius 2 is 1.86 bits per heavy atom. The van der Waals surface area contributed by atoms with Crippen molar-refractivity contribution in [2.45, 2.75) is 32.7 Å². The first-order valence-electron chi connectivity index (χ1n) is 4.98. The molecule has 0 aliphatic heterocycles. The smallest absolute Gasteiger partial charge is 0.307 e. The van der Waals surface area contributed by atoms with Crippen molar-refractivity contribution >= 4 is 11.9 Å². The molecular formula is C10H15NO3. The lowest BCUT2D eigenvalue weighted by atomic mass is 10.1. The predicted molar refractivity (Wildman–Crippen MR) is 49.6 cm³/mol. The van der Waals surface area contributed by atoms with Crippen molar-refractivity contribution in [3.05, 3.63) is 0 Å². The molecule has 2 saturated carbocycles. The topological polar surface area (TPSA) is 66.4 Å². The van der Waals surface area contributed by atoms with Gasteiger partial charge in [-0.2, -0.15) is 0 Å². The van der Waals surface area contributed by atoms with Crippen LogP contribution in [0.25, 0.3) is 0 Å². The summed E-state index contributed by atoms with van der Waals surface area (Å²) in [5.41, 5.74) is -0.370. The van der Waals surface area contributed by atoms with E-state index in [2.05, 4.69) is 5.32 Å². The maximum atomic E-state index is 11.6. The number of carboxylic acid groups (broad SMARTS) is 1. The summed E-state index contributed by atoms with van der Waals surface area (Å²) in [6.07, 6.45) is 2.08. The van der Waals surface area contributed by atoms with Gasteiger partial charge in [-0.1, -0.05) is 13.8 Å². The second-order valence-corrected chi connectivity index (χ2v) is 4.90. The Balaban J connectivity index is 1.98. The number of aliphatic carboxylic acids is 1. The molecular weight excluding hydrogens is 182 g/mol. The maximum absolute atomic E-state index is 11.6. The highest BCUT2D eigenvalue weighted by molar-refractivity contribution is 5.91. The van der Waals surface area contributed by atoms with Crippen molar-refractivity contribution in [2.24, 2.45) is 17.3 Å². The Hall–Kier alpha value is -1.06. The van der Waals surface area contributed by atoms with Gasteiger partial charge in [-0.25, -0.2) is 0 Å². The van der Waals surface area contributed by atoms with Crippen LogP contribution in [0.5, 0.6) is 0 Å². The van der Waals surface area contributed by atoms with E-state index in [1.165, 1.54) is 0 Å². The van der Waals surface area contributed by atoms with E-state index in [1.807, 2.05) is 13.8 Å². The zero-order valence-corrected chi connectivity index (χ0v) is 8.41. The van der Waals surface area contributed by atoms with E-state index in [0.717, 1.165) is 12.8 Å². The molecule has 0 aromatic rings. The van der Waals surface area contributed by atoms with Crippen LogP contribution in [-0.4, -0.2) is 23.0 Å². The molecule has 2 aliphatic rings. The number of carboxylic acids is 1. The van der Waals surface area contributed by atoms with E-state index >= 15 is 0 Å². The number of nitrogens with one attached hydrogen (secondary N) is 1. The van der Waals surface area contributed by atoms with E-state index in [0.29, 0.717) is 6.04 Å². The normalized spacial score (nSPS) is 33.6. The van der Waals surface area contributed by atoms with E-state index in [-0.39, 0.29) is 17.2 Å². The Labute approximate surface area is 82.7 Å². The quantitative estimate of drug-likeness (QED) is 0.697. The number of carbonyl (C=O) groups excluding carboxylic acids is 1. The Kier molecular flexibility index (Phi) is 1.84. The minimum atomic E-state index is -0.856. The van der Waals surface area contributed by atoms with E-state index < -0.39 is 11.9 Å². The second-order valence-electron chi connectivity index (χ2n) is 4.90. The predicted octanol–water partition coefficient (Wildman–Crippen LogP) is 0.622. The minimum Gasteiger partial charge on any atom is -0.481 e. The van der Waals surface area contributed by atoms with Gasteiger partial charge in [0.25, 0.3) is 0 Å². The van der Waals surface area contributed by atoms with Crippen molar-refractivity contribution < 1.29 is 14.7 Å². The first kappa shape index (κ1) is 9.49. The molecule has 14 heavy (non-hydrogen) atoms. The van der Waals surface area contributed by atoms with Gasteiger partial charge in [0.05, 0.1) is 11.8 Å². The van der Waals surface area contributed by atoms with E-state index in [9.17, 15) is 9.59 Å². The molecule has 2 unspecified atom stereocenters. The van der Waals surface area contributed by atoms with Crippen LogP contribution < -0.4 is 5.32 Å². The molecule has 4 heteroatoms. The van der Waals surface area contributed by atoms with Crippen molar-refractivity contribution in [3.63, 3.8) is 0 Å². The Bertz CT molecular complexity index is 294. The van der Waals surface area contributed by atoms with Crippen molar-refractivity contribution in [2.75, 3.05) is 0 Å². The van der Waals surface area contributed by atoms with E-state index in [1.54, 1.807) is 0 Å². The highest BCUT2D eigenvalue weighted by Crippen LogP contribution is 2.58. The van der Waals surface area contributed by atoms with Gasteiger partial charge in [-0.3, -0.25) is 9.59 Å². The number of hydrogen-bond donors (Lipinski definition) is 2. The largest absolute Gasteiger partial charge is 0.481 e. The van der Waals surface area contributed by atoms with Crippen LogP contribution in [-0.2, 0) is 9.59 Å². The van der Waals surface area contributed by atoms with Crippen LogP contribution in [0.4, 0.5) is 0 Å². The lowest BCUT2D eigenvalue weighted by Gasteiger charge is -2.03. The fourth-order valence-electron chi connectivity index (χ4n) is 2.11. The zero-order chi connectivity index (χ0) is 10.5. The summed E-state index contributed by atoms with van der Waals surface area (Å²) < 4.78 is 0. The SMILES string of the molecule is CC1(C)C(C(=O)O)C1C(=O)NC1CC1. The summed E-state index contributed by atoms with van der Waals surface area (Å²) in [7, 11) is 0. The molecule has 4 nitrogen and oxygen atoms in total. The standard InChI is InChI=1S/C10H15NO3/c1-10(2)6(7(10)9(13)14)8(12)11-5-3-4-5/h5-7H,3-4H2,1-2H3,(H,11,12)(H,13,14). The minimum absolute atomic E-state index is 0.0788. The molecule has 2 atom stereocenters. The molecule has 2 N–H and O–H groups in total. The van der Waals surface area contributed by atoms with Gasteiger partial charge in [0.15, 0.2) is 0 Å². The third-order valence-corrected chi connectivity index (χ3v) is 3.30. The molecule has 1 amide bonds. The van der Waals surface area contributed by atoms with Crippen LogP contribution in [0.1, 0.15) is 26.7 Å². The molecule has 2 aliphatic carbocycles. The number of carbonyl (C=O) groups is 2. The van der Waals surface area contributed by atoms with Crippen LogP contribution in [0, 0.1) is 17.3 Å². The fourth-order valence-corrected chi connectivity index (χ4v) is 2.11. The zero-order valence-electron chi connectivity index (χ0n) is 8.41.